The first kappa shape index (κ1) is 12.5. The van der Waals surface area contributed by atoms with E-state index >= 15 is 0 Å². The number of carbonyl (C=O) groups excluding carboxylic acids is 1. The van der Waals surface area contributed by atoms with Crippen molar-refractivity contribution in [3.05, 3.63) is 15.8 Å². The molecule has 0 bridgehead atoms. The molecule has 1 heterocycles. The Labute approximate surface area is 98.4 Å². The summed E-state index contributed by atoms with van der Waals surface area (Å²) in [5, 5.41) is 4.75. The van der Waals surface area contributed by atoms with Crippen LogP contribution in [-0.2, 0) is 9.53 Å². The van der Waals surface area contributed by atoms with E-state index in [4.69, 9.17) is 16.3 Å². The highest BCUT2D eigenvalue weighted by molar-refractivity contribution is 7.10. The van der Waals surface area contributed by atoms with Gasteiger partial charge in [-0.15, -0.1) is 11.3 Å². The third-order valence-electron chi connectivity index (χ3n) is 1.93. The van der Waals surface area contributed by atoms with E-state index in [1.165, 1.54) is 0 Å². The fraction of sp³-hybridized carbons (Fsp3) is 0.500. The van der Waals surface area contributed by atoms with E-state index in [0.29, 0.717) is 6.61 Å². The zero-order chi connectivity index (χ0) is 11.4. The monoisotopic (exact) mass is 247 g/mol. The van der Waals surface area contributed by atoms with Crippen LogP contribution in [0.3, 0.4) is 0 Å². The average Bonchev–Trinajstić information content (AvgIpc) is 2.49. The highest BCUT2D eigenvalue weighted by atomic mass is 35.5. The summed E-state index contributed by atoms with van der Waals surface area (Å²) in [6.45, 7) is 6.12. The normalized spacial score (nSPS) is 12.5. The molecule has 1 aromatic heterocycles. The maximum Gasteiger partial charge on any atom is 0.269 e. The van der Waals surface area contributed by atoms with Crippen molar-refractivity contribution in [2.75, 3.05) is 11.9 Å². The van der Waals surface area contributed by atoms with Gasteiger partial charge in [0.25, 0.3) is 5.91 Å². The summed E-state index contributed by atoms with van der Waals surface area (Å²) in [6.07, 6.45) is 0. The van der Waals surface area contributed by atoms with E-state index in [1.54, 1.807) is 18.3 Å². The van der Waals surface area contributed by atoms with Gasteiger partial charge in [0.05, 0.1) is 5.69 Å². The molecule has 3 nitrogen and oxygen atoms in total. The summed E-state index contributed by atoms with van der Waals surface area (Å²) in [6, 6.07) is 0. The number of aryl methyl sites for hydroxylation is 2. The zero-order valence-corrected chi connectivity index (χ0v) is 10.5. The molecule has 0 radical (unpaired) electrons. The summed E-state index contributed by atoms with van der Waals surface area (Å²) >= 11 is 7.32. The van der Waals surface area contributed by atoms with Gasteiger partial charge in [-0.05, 0) is 31.7 Å². The van der Waals surface area contributed by atoms with Gasteiger partial charge in [-0.3, -0.25) is 4.79 Å². The van der Waals surface area contributed by atoms with Crippen molar-refractivity contribution in [3.8, 4) is 0 Å². The molecule has 0 spiro atoms. The van der Waals surface area contributed by atoms with E-state index in [9.17, 15) is 4.79 Å². The van der Waals surface area contributed by atoms with Crippen molar-refractivity contribution in [1.82, 2.24) is 0 Å². The van der Waals surface area contributed by atoms with Crippen LogP contribution in [0, 0.1) is 13.8 Å². The molecule has 5 heteroatoms. The molecule has 1 atom stereocenters. The van der Waals surface area contributed by atoms with Gasteiger partial charge in [-0.1, -0.05) is 11.6 Å². The molecular weight excluding hydrogens is 234 g/mol. The number of halogens is 1. The minimum atomic E-state index is -0.923. The summed E-state index contributed by atoms with van der Waals surface area (Å²) in [4.78, 5) is 12.6. The molecule has 1 N–H and O–H groups in total. The fourth-order valence-electron chi connectivity index (χ4n) is 1.16. The molecule has 0 fully saturated rings. The Morgan fingerprint density at radius 3 is 2.80 bits per heavy atom. The second-order valence-electron chi connectivity index (χ2n) is 3.11. The molecular formula is C10H14ClNO2S. The molecule has 0 aromatic carbocycles. The number of thiophene rings is 1. The van der Waals surface area contributed by atoms with Crippen molar-refractivity contribution in [2.24, 2.45) is 0 Å². The van der Waals surface area contributed by atoms with Crippen LogP contribution in [0.5, 0.6) is 0 Å². The third-order valence-corrected chi connectivity index (χ3v) is 3.28. The fourth-order valence-corrected chi connectivity index (χ4v) is 2.14. The molecule has 15 heavy (non-hydrogen) atoms. The maximum absolute atomic E-state index is 11.5. The molecule has 1 aromatic rings. The van der Waals surface area contributed by atoms with E-state index in [1.807, 2.05) is 19.2 Å². The van der Waals surface area contributed by atoms with Crippen molar-refractivity contribution in [3.63, 3.8) is 0 Å². The minimum Gasteiger partial charge on any atom is -0.354 e. The number of hydrogen-bond donors (Lipinski definition) is 1. The Bertz CT molecular complexity index is 332. The van der Waals surface area contributed by atoms with Crippen molar-refractivity contribution in [2.45, 2.75) is 26.3 Å². The van der Waals surface area contributed by atoms with Crippen LogP contribution in [-0.4, -0.2) is 18.1 Å². The molecule has 1 amide bonds. The first-order chi connectivity index (χ1) is 7.06. The largest absolute Gasteiger partial charge is 0.354 e. The highest BCUT2D eigenvalue weighted by Gasteiger charge is 2.17. The zero-order valence-electron chi connectivity index (χ0n) is 8.96. The Morgan fingerprint density at radius 1 is 1.67 bits per heavy atom. The SMILES string of the molecule is CCOC(Cl)C(=O)Nc1c(C)csc1C. The van der Waals surface area contributed by atoms with Crippen LogP contribution >= 0.6 is 22.9 Å². The van der Waals surface area contributed by atoms with Crippen LogP contribution in [0.2, 0.25) is 0 Å². The molecule has 0 saturated heterocycles. The number of rotatable bonds is 4. The third kappa shape index (κ3) is 3.19. The summed E-state index contributed by atoms with van der Waals surface area (Å²) in [5.41, 5.74) is 0.968. The maximum atomic E-state index is 11.5. The molecule has 0 aliphatic carbocycles. The Hall–Kier alpha value is -0.580. The number of carbonyl (C=O) groups is 1. The van der Waals surface area contributed by atoms with E-state index in [0.717, 1.165) is 16.1 Å². The van der Waals surface area contributed by atoms with Crippen LogP contribution in [0.25, 0.3) is 0 Å². The number of ether oxygens (including phenoxy) is 1. The average molecular weight is 248 g/mol. The van der Waals surface area contributed by atoms with E-state index < -0.39 is 5.56 Å². The van der Waals surface area contributed by atoms with Gasteiger partial charge in [-0.2, -0.15) is 0 Å². The van der Waals surface area contributed by atoms with Gasteiger partial charge in [0.2, 0.25) is 5.56 Å². The van der Waals surface area contributed by atoms with Gasteiger partial charge in [0.1, 0.15) is 0 Å². The molecule has 0 aliphatic heterocycles. The van der Waals surface area contributed by atoms with E-state index in [-0.39, 0.29) is 5.91 Å². The van der Waals surface area contributed by atoms with E-state index in [2.05, 4.69) is 5.32 Å². The van der Waals surface area contributed by atoms with Crippen molar-refractivity contribution >= 4 is 34.5 Å². The number of hydrogen-bond acceptors (Lipinski definition) is 3. The van der Waals surface area contributed by atoms with Crippen LogP contribution in [0.15, 0.2) is 5.38 Å². The highest BCUT2D eigenvalue weighted by Crippen LogP contribution is 2.26. The van der Waals surface area contributed by atoms with Gasteiger partial charge < -0.3 is 10.1 Å². The lowest BCUT2D eigenvalue weighted by atomic mass is 10.3. The van der Waals surface area contributed by atoms with Crippen LogP contribution in [0.4, 0.5) is 5.69 Å². The predicted molar refractivity (Wildman–Crippen MR) is 63.7 cm³/mol. The van der Waals surface area contributed by atoms with Gasteiger partial charge in [-0.25, -0.2) is 0 Å². The lowest BCUT2D eigenvalue weighted by Gasteiger charge is -2.10. The number of anilines is 1. The topological polar surface area (TPSA) is 38.3 Å². The number of alkyl halides is 1. The molecule has 0 saturated carbocycles. The van der Waals surface area contributed by atoms with Crippen LogP contribution < -0.4 is 5.32 Å². The van der Waals surface area contributed by atoms with Gasteiger partial charge >= 0.3 is 0 Å². The van der Waals surface area contributed by atoms with Gasteiger partial charge in [0.15, 0.2) is 0 Å². The quantitative estimate of drug-likeness (QED) is 0.831. The first-order valence-corrected chi connectivity index (χ1v) is 5.99. The molecule has 1 rings (SSSR count). The smallest absolute Gasteiger partial charge is 0.269 e. The predicted octanol–water partition coefficient (Wildman–Crippen LogP) is 2.90. The Kier molecular flexibility index (Phi) is 4.57. The van der Waals surface area contributed by atoms with Crippen molar-refractivity contribution in [1.29, 1.82) is 0 Å². The standard InChI is InChI=1S/C10H14ClNO2S/c1-4-14-9(11)10(13)12-8-6(2)5-15-7(8)3/h5,9H,4H2,1-3H3,(H,12,13). The summed E-state index contributed by atoms with van der Waals surface area (Å²) in [5.74, 6) is -0.317. The second-order valence-corrected chi connectivity index (χ2v) is 4.59. The van der Waals surface area contributed by atoms with Crippen LogP contribution in [0.1, 0.15) is 17.4 Å². The van der Waals surface area contributed by atoms with Crippen molar-refractivity contribution < 1.29 is 9.53 Å². The Balaban J connectivity index is 2.66. The summed E-state index contributed by atoms with van der Waals surface area (Å²) < 4.78 is 4.99. The summed E-state index contributed by atoms with van der Waals surface area (Å²) in [7, 11) is 0. The second kappa shape index (κ2) is 5.49. The molecule has 1 unspecified atom stereocenters. The number of amides is 1. The first-order valence-electron chi connectivity index (χ1n) is 4.67. The minimum absolute atomic E-state index is 0.317. The lowest BCUT2D eigenvalue weighted by molar-refractivity contribution is -0.122. The van der Waals surface area contributed by atoms with Gasteiger partial charge in [0, 0.05) is 11.5 Å². The molecule has 84 valence electrons. The molecule has 0 aliphatic rings. The Morgan fingerprint density at radius 2 is 2.33 bits per heavy atom. The number of nitrogens with one attached hydrogen (secondary N) is 1. The lowest BCUT2D eigenvalue weighted by Crippen LogP contribution is -2.26.